The minimum Gasteiger partial charge on any atom is -0.368 e. The van der Waals surface area contributed by atoms with Crippen molar-refractivity contribution in [1.29, 1.82) is 0 Å². The Bertz CT molecular complexity index is 609. The molecule has 0 spiro atoms. The monoisotopic (exact) mass is 282 g/mol. The van der Waals surface area contributed by atoms with Crippen LogP contribution in [0.25, 0.3) is 0 Å². The van der Waals surface area contributed by atoms with Gasteiger partial charge in [0.25, 0.3) is 0 Å². The molecule has 2 nitrogen and oxygen atoms in total. The van der Waals surface area contributed by atoms with Crippen LogP contribution in [0.1, 0.15) is 41.0 Å². The van der Waals surface area contributed by atoms with Gasteiger partial charge in [0.05, 0.1) is 0 Å². The van der Waals surface area contributed by atoms with E-state index in [2.05, 4.69) is 69.6 Å². The lowest BCUT2D eigenvalue weighted by atomic mass is 9.67. The first-order valence-corrected chi connectivity index (χ1v) is 7.96. The highest BCUT2D eigenvalue weighted by atomic mass is 15.2. The highest BCUT2D eigenvalue weighted by Gasteiger charge is 2.43. The summed E-state index contributed by atoms with van der Waals surface area (Å²) in [6.45, 7) is 11.5. The van der Waals surface area contributed by atoms with Crippen molar-refractivity contribution in [2.24, 2.45) is 11.3 Å². The predicted octanol–water partition coefficient (Wildman–Crippen LogP) is 4.17. The van der Waals surface area contributed by atoms with Crippen LogP contribution in [0.3, 0.4) is 0 Å². The minimum atomic E-state index is 0.0659. The third-order valence-electron chi connectivity index (χ3n) is 4.84. The average Bonchev–Trinajstić information content (AvgIpc) is 2.78. The maximum Gasteiger partial charge on any atom is 0.123 e. The van der Waals surface area contributed by atoms with E-state index in [-0.39, 0.29) is 11.6 Å². The highest BCUT2D eigenvalue weighted by Crippen LogP contribution is 2.51. The summed E-state index contributed by atoms with van der Waals surface area (Å²) >= 11 is 0. The molecule has 0 aromatic carbocycles. The van der Waals surface area contributed by atoms with Crippen LogP contribution >= 0.6 is 0 Å². The van der Waals surface area contributed by atoms with E-state index in [0.717, 1.165) is 6.42 Å². The van der Waals surface area contributed by atoms with Crippen LogP contribution in [-0.2, 0) is 0 Å². The number of dihydropyridines is 1. The number of fused-ring (bicyclic) bond motifs is 2. The van der Waals surface area contributed by atoms with Gasteiger partial charge < -0.3 is 10.6 Å². The van der Waals surface area contributed by atoms with Crippen LogP contribution in [-0.4, -0.2) is 6.17 Å². The first-order chi connectivity index (χ1) is 9.96. The Morgan fingerprint density at radius 2 is 2.10 bits per heavy atom. The maximum absolute atomic E-state index is 3.72. The van der Waals surface area contributed by atoms with Crippen molar-refractivity contribution in [2.45, 2.75) is 47.2 Å². The normalized spacial score (nSPS) is 26.8. The SMILES string of the molecule is C/C=C\C1=C(C(C)C)C(C)(C)C2=C(C1)C1=CC=CNC1N2. The van der Waals surface area contributed by atoms with Crippen LogP contribution < -0.4 is 10.6 Å². The number of rotatable bonds is 2. The summed E-state index contributed by atoms with van der Waals surface area (Å²) < 4.78 is 0. The van der Waals surface area contributed by atoms with E-state index >= 15 is 0 Å². The molecule has 0 fully saturated rings. The van der Waals surface area contributed by atoms with E-state index in [1.165, 1.54) is 22.4 Å². The van der Waals surface area contributed by atoms with E-state index < -0.39 is 0 Å². The first kappa shape index (κ1) is 14.2. The molecule has 0 bridgehead atoms. The molecule has 0 aromatic heterocycles. The number of hydrogen-bond donors (Lipinski definition) is 2. The number of nitrogens with one attached hydrogen (secondary N) is 2. The minimum absolute atomic E-state index is 0.0659. The van der Waals surface area contributed by atoms with Crippen molar-refractivity contribution >= 4 is 0 Å². The lowest BCUT2D eigenvalue weighted by molar-refractivity contribution is 0.422. The predicted molar refractivity (Wildman–Crippen MR) is 89.4 cm³/mol. The Morgan fingerprint density at radius 1 is 1.33 bits per heavy atom. The molecule has 2 heteroatoms. The summed E-state index contributed by atoms with van der Waals surface area (Å²) in [5.41, 5.74) is 7.43. The third-order valence-corrected chi connectivity index (χ3v) is 4.84. The van der Waals surface area contributed by atoms with Crippen LogP contribution in [0.2, 0.25) is 0 Å². The molecule has 0 aromatic rings. The van der Waals surface area contributed by atoms with E-state index in [0.29, 0.717) is 5.92 Å². The van der Waals surface area contributed by atoms with Crippen molar-refractivity contribution < 1.29 is 0 Å². The lowest BCUT2D eigenvalue weighted by Crippen LogP contribution is -2.40. The molecular weight excluding hydrogens is 256 g/mol. The molecule has 0 saturated heterocycles. The summed E-state index contributed by atoms with van der Waals surface area (Å²) in [5.74, 6) is 0.560. The van der Waals surface area contributed by atoms with E-state index in [4.69, 9.17) is 0 Å². The molecule has 3 rings (SSSR count). The molecule has 0 amide bonds. The van der Waals surface area contributed by atoms with Gasteiger partial charge in [0.1, 0.15) is 6.17 Å². The first-order valence-electron chi connectivity index (χ1n) is 7.96. The fraction of sp³-hybridized carbons (Fsp3) is 0.474. The Morgan fingerprint density at radius 3 is 2.76 bits per heavy atom. The van der Waals surface area contributed by atoms with E-state index in [1.54, 1.807) is 5.57 Å². The molecule has 2 N–H and O–H groups in total. The van der Waals surface area contributed by atoms with Crippen molar-refractivity contribution in [3.8, 4) is 0 Å². The molecule has 1 atom stereocenters. The standard InChI is InChI=1S/C19H26N2/c1-6-8-13-11-15-14-9-7-10-20-18(14)21-17(15)19(4,5)16(13)12(2)3/h6-10,12,18,20-21H,11H2,1-5H3/b8-6-. The number of hydrogen-bond acceptors (Lipinski definition) is 2. The molecule has 2 heterocycles. The second kappa shape index (κ2) is 4.94. The van der Waals surface area contributed by atoms with Crippen molar-refractivity contribution in [3.05, 3.63) is 58.5 Å². The molecule has 3 aliphatic rings. The second-order valence-corrected chi connectivity index (χ2v) is 6.97. The zero-order valence-electron chi connectivity index (χ0n) is 13.7. The van der Waals surface area contributed by atoms with Crippen LogP contribution in [0.4, 0.5) is 0 Å². The van der Waals surface area contributed by atoms with Crippen molar-refractivity contribution in [2.75, 3.05) is 0 Å². The average molecular weight is 282 g/mol. The molecule has 1 aliphatic carbocycles. The van der Waals surface area contributed by atoms with Gasteiger partial charge in [-0.2, -0.15) is 0 Å². The zero-order chi connectivity index (χ0) is 15.2. The van der Waals surface area contributed by atoms with Gasteiger partial charge in [0, 0.05) is 11.1 Å². The number of allylic oxidation sites excluding steroid dienone is 6. The molecule has 0 saturated carbocycles. The fourth-order valence-corrected chi connectivity index (χ4v) is 4.27. The molecule has 112 valence electrons. The maximum atomic E-state index is 3.72. The Labute approximate surface area is 128 Å². The summed E-state index contributed by atoms with van der Waals surface area (Å²) in [5, 5.41) is 7.15. The molecule has 2 aliphatic heterocycles. The molecule has 0 radical (unpaired) electrons. The Hall–Kier alpha value is -1.70. The highest BCUT2D eigenvalue weighted by molar-refractivity contribution is 5.58. The summed E-state index contributed by atoms with van der Waals surface area (Å²) in [6.07, 6.45) is 12.1. The van der Waals surface area contributed by atoms with Gasteiger partial charge in [0.2, 0.25) is 0 Å². The zero-order valence-corrected chi connectivity index (χ0v) is 13.7. The van der Waals surface area contributed by atoms with Crippen LogP contribution in [0.15, 0.2) is 58.5 Å². The second-order valence-electron chi connectivity index (χ2n) is 6.97. The molecular formula is C19H26N2. The van der Waals surface area contributed by atoms with Crippen molar-refractivity contribution in [3.63, 3.8) is 0 Å². The van der Waals surface area contributed by atoms with Gasteiger partial charge in [0.15, 0.2) is 0 Å². The Kier molecular flexibility index (Phi) is 3.35. The van der Waals surface area contributed by atoms with Gasteiger partial charge >= 0.3 is 0 Å². The van der Waals surface area contributed by atoms with Crippen LogP contribution in [0, 0.1) is 11.3 Å². The van der Waals surface area contributed by atoms with Crippen LogP contribution in [0.5, 0.6) is 0 Å². The Balaban J connectivity index is 2.12. The molecule has 1 unspecified atom stereocenters. The van der Waals surface area contributed by atoms with E-state index in [9.17, 15) is 0 Å². The largest absolute Gasteiger partial charge is 0.368 e. The topological polar surface area (TPSA) is 24.1 Å². The van der Waals surface area contributed by atoms with Gasteiger partial charge in [-0.15, -0.1) is 0 Å². The van der Waals surface area contributed by atoms with Gasteiger partial charge in [-0.05, 0) is 48.3 Å². The molecule has 21 heavy (non-hydrogen) atoms. The summed E-state index contributed by atoms with van der Waals surface area (Å²) in [7, 11) is 0. The van der Waals surface area contributed by atoms with Gasteiger partial charge in [-0.1, -0.05) is 51.5 Å². The summed E-state index contributed by atoms with van der Waals surface area (Å²) in [4.78, 5) is 0. The lowest BCUT2D eigenvalue weighted by Gasteiger charge is -2.38. The van der Waals surface area contributed by atoms with Gasteiger partial charge in [-0.25, -0.2) is 0 Å². The van der Waals surface area contributed by atoms with Crippen molar-refractivity contribution in [1.82, 2.24) is 10.6 Å². The summed E-state index contributed by atoms with van der Waals surface area (Å²) in [6, 6.07) is 0. The van der Waals surface area contributed by atoms with E-state index in [1.807, 2.05) is 6.20 Å². The smallest absolute Gasteiger partial charge is 0.123 e. The quantitative estimate of drug-likeness (QED) is 0.794. The van der Waals surface area contributed by atoms with Gasteiger partial charge in [-0.3, -0.25) is 0 Å². The third kappa shape index (κ3) is 2.08. The fourth-order valence-electron chi connectivity index (χ4n) is 4.27.